The molecule has 5 nitrogen and oxygen atoms in total. The molecule has 0 spiro atoms. The normalized spacial score (nSPS) is 30.9. The molecule has 2 rings (SSSR count). The summed E-state index contributed by atoms with van der Waals surface area (Å²) < 4.78 is 5.35. The van der Waals surface area contributed by atoms with E-state index in [0.29, 0.717) is 19.5 Å². The molecule has 1 N–H and O–H groups in total. The van der Waals surface area contributed by atoms with Crippen LogP contribution in [0.25, 0.3) is 0 Å². The van der Waals surface area contributed by atoms with Crippen molar-refractivity contribution < 1.29 is 19.4 Å². The predicted octanol–water partition coefficient (Wildman–Crippen LogP) is 2.50. The van der Waals surface area contributed by atoms with Crippen molar-refractivity contribution >= 4 is 12.1 Å². The van der Waals surface area contributed by atoms with Gasteiger partial charge in [-0.05, 0) is 39.5 Å². The van der Waals surface area contributed by atoms with E-state index in [1.807, 2.05) is 20.8 Å². The predicted molar refractivity (Wildman–Crippen MR) is 69.8 cm³/mol. The van der Waals surface area contributed by atoms with E-state index in [2.05, 4.69) is 0 Å². The SMILES string of the molecule is CC(C)(C)OC(=O)N1C[C@@H]2CCCC[C@@]2(C(=O)O)C1. The number of fused-ring (bicyclic) bond motifs is 1. The van der Waals surface area contributed by atoms with Crippen LogP contribution < -0.4 is 0 Å². The van der Waals surface area contributed by atoms with Crippen molar-refractivity contribution in [3.63, 3.8) is 0 Å². The first-order chi connectivity index (χ1) is 8.74. The molecule has 1 heterocycles. The lowest BCUT2D eigenvalue weighted by atomic mass is 9.68. The number of ether oxygens (including phenoxy) is 1. The van der Waals surface area contributed by atoms with E-state index in [-0.39, 0.29) is 12.0 Å². The fourth-order valence-electron chi connectivity index (χ4n) is 3.27. The molecule has 1 amide bonds. The Morgan fingerprint density at radius 1 is 1.32 bits per heavy atom. The summed E-state index contributed by atoms with van der Waals surface area (Å²) in [6.45, 7) is 6.27. The summed E-state index contributed by atoms with van der Waals surface area (Å²) in [6, 6.07) is 0. The van der Waals surface area contributed by atoms with Gasteiger partial charge in [0.25, 0.3) is 0 Å². The molecule has 108 valence electrons. The van der Waals surface area contributed by atoms with E-state index in [0.717, 1.165) is 19.3 Å². The molecule has 0 aromatic heterocycles. The van der Waals surface area contributed by atoms with E-state index in [1.54, 1.807) is 4.90 Å². The monoisotopic (exact) mass is 269 g/mol. The molecular weight excluding hydrogens is 246 g/mol. The summed E-state index contributed by atoms with van der Waals surface area (Å²) in [4.78, 5) is 25.3. The number of likely N-dealkylation sites (tertiary alicyclic amines) is 1. The molecule has 1 aliphatic heterocycles. The summed E-state index contributed by atoms with van der Waals surface area (Å²) >= 11 is 0. The number of carboxylic acid groups (broad SMARTS) is 1. The van der Waals surface area contributed by atoms with Gasteiger partial charge in [-0.3, -0.25) is 4.79 Å². The Hall–Kier alpha value is -1.26. The smallest absolute Gasteiger partial charge is 0.410 e. The van der Waals surface area contributed by atoms with Crippen molar-refractivity contribution in [2.45, 2.75) is 52.1 Å². The molecule has 1 saturated carbocycles. The lowest BCUT2D eigenvalue weighted by molar-refractivity contribution is -0.152. The number of hydrogen-bond acceptors (Lipinski definition) is 3. The Labute approximate surface area is 113 Å². The summed E-state index contributed by atoms with van der Waals surface area (Å²) in [7, 11) is 0. The first-order valence-corrected chi connectivity index (χ1v) is 6.96. The molecule has 2 atom stereocenters. The maximum Gasteiger partial charge on any atom is 0.410 e. The van der Waals surface area contributed by atoms with E-state index in [4.69, 9.17) is 4.74 Å². The van der Waals surface area contributed by atoms with Crippen LogP contribution >= 0.6 is 0 Å². The molecule has 1 saturated heterocycles. The van der Waals surface area contributed by atoms with Crippen LogP contribution in [0.1, 0.15) is 46.5 Å². The van der Waals surface area contributed by atoms with Crippen LogP contribution in [0, 0.1) is 11.3 Å². The third kappa shape index (κ3) is 2.69. The van der Waals surface area contributed by atoms with Crippen LogP contribution in [0.4, 0.5) is 4.79 Å². The molecule has 5 heteroatoms. The van der Waals surface area contributed by atoms with Crippen LogP contribution in [0.2, 0.25) is 0 Å². The van der Waals surface area contributed by atoms with Crippen molar-refractivity contribution in [1.82, 2.24) is 4.90 Å². The zero-order valence-corrected chi connectivity index (χ0v) is 11.9. The zero-order chi connectivity index (χ0) is 14.3. The number of carboxylic acids is 1. The second kappa shape index (κ2) is 4.69. The Bertz CT molecular complexity index is 387. The molecule has 0 aromatic carbocycles. The van der Waals surface area contributed by atoms with Crippen molar-refractivity contribution in [1.29, 1.82) is 0 Å². The van der Waals surface area contributed by atoms with Gasteiger partial charge in [0.1, 0.15) is 5.60 Å². The molecule has 2 aliphatic rings. The lowest BCUT2D eigenvalue weighted by Gasteiger charge is -2.34. The molecule has 0 bridgehead atoms. The van der Waals surface area contributed by atoms with Crippen LogP contribution in [0.5, 0.6) is 0 Å². The highest BCUT2D eigenvalue weighted by Gasteiger charge is 2.54. The molecule has 0 radical (unpaired) electrons. The summed E-state index contributed by atoms with van der Waals surface area (Å²) in [5.74, 6) is -0.686. The first-order valence-electron chi connectivity index (χ1n) is 6.96. The third-order valence-electron chi connectivity index (χ3n) is 4.20. The van der Waals surface area contributed by atoms with Gasteiger partial charge in [0.05, 0.1) is 5.41 Å². The van der Waals surface area contributed by atoms with Crippen LogP contribution in [0.3, 0.4) is 0 Å². The van der Waals surface area contributed by atoms with Crippen LogP contribution in [-0.2, 0) is 9.53 Å². The Kier molecular flexibility index (Phi) is 3.49. The number of carbonyl (C=O) groups is 2. The second-order valence-corrected chi connectivity index (χ2v) is 6.76. The van der Waals surface area contributed by atoms with E-state index < -0.39 is 17.0 Å². The maximum atomic E-state index is 12.1. The van der Waals surface area contributed by atoms with Crippen LogP contribution in [0.15, 0.2) is 0 Å². The Balaban J connectivity index is 2.11. The summed E-state index contributed by atoms with van der Waals surface area (Å²) in [5.41, 5.74) is -1.28. The average molecular weight is 269 g/mol. The van der Waals surface area contributed by atoms with Crippen molar-refractivity contribution in [2.24, 2.45) is 11.3 Å². The van der Waals surface area contributed by atoms with E-state index in [9.17, 15) is 14.7 Å². The number of carbonyl (C=O) groups excluding carboxylic acids is 1. The minimum absolute atomic E-state index is 0.0752. The zero-order valence-electron chi connectivity index (χ0n) is 11.9. The van der Waals surface area contributed by atoms with Crippen molar-refractivity contribution in [2.75, 3.05) is 13.1 Å². The molecule has 19 heavy (non-hydrogen) atoms. The Morgan fingerprint density at radius 2 is 2.00 bits per heavy atom. The van der Waals surface area contributed by atoms with E-state index >= 15 is 0 Å². The van der Waals surface area contributed by atoms with Gasteiger partial charge in [-0.2, -0.15) is 0 Å². The van der Waals surface area contributed by atoms with Gasteiger partial charge in [-0.15, -0.1) is 0 Å². The highest BCUT2D eigenvalue weighted by molar-refractivity contribution is 5.78. The van der Waals surface area contributed by atoms with Gasteiger partial charge in [0.15, 0.2) is 0 Å². The minimum atomic E-state index is -0.761. The number of rotatable bonds is 1. The first kappa shape index (κ1) is 14.2. The van der Waals surface area contributed by atoms with Crippen molar-refractivity contribution in [3.8, 4) is 0 Å². The molecule has 0 unspecified atom stereocenters. The molecular formula is C14H23NO4. The lowest BCUT2D eigenvalue weighted by Crippen LogP contribution is -2.42. The highest BCUT2D eigenvalue weighted by Crippen LogP contribution is 2.47. The van der Waals surface area contributed by atoms with Gasteiger partial charge in [-0.1, -0.05) is 12.8 Å². The second-order valence-electron chi connectivity index (χ2n) is 6.76. The fourth-order valence-corrected chi connectivity index (χ4v) is 3.27. The highest BCUT2D eigenvalue weighted by atomic mass is 16.6. The summed E-state index contributed by atoms with van der Waals surface area (Å²) in [6.07, 6.45) is 3.17. The standard InChI is InChI=1S/C14H23NO4/c1-13(2,3)19-12(18)15-8-10-6-4-5-7-14(10,9-15)11(16)17/h10H,4-9H2,1-3H3,(H,16,17)/t10-,14+/m0/s1. The topological polar surface area (TPSA) is 66.8 Å². The number of nitrogens with zero attached hydrogens (tertiary/aromatic N) is 1. The van der Waals surface area contributed by atoms with Crippen molar-refractivity contribution in [3.05, 3.63) is 0 Å². The van der Waals surface area contributed by atoms with Gasteiger partial charge >= 0.3 is 12.1 Å². The average Bonchev–Trinajstić information content (AvgIpc) is 2.67. The largest absolute Gasteiger partial charge is 0.481 e. The fraction of sp³-hybridized carbons (Fsp3) is 0.857. The van der Waals surface area contributed by atoms with Gasteiger partial charge in [0.2, 0.25) is 0 Å². The maximum absolute atomic E-state index is 12.1. The molecule has 1 aliphatic carbocycles. The number of aliphatic carboxylic acids is 1. The summed E-state index contributed by atoms with van der Waals surface area (Å²) in [5, 5.41) is 9.55. The van der Waals surface area contributed by atoms with E-state index in [1.165, 1.54) is 0 Å². The van der Waals surface area contributed by atoms with Crippen LogP contribution in [-0.4, -0.2) is 40.8 Å². The minimum Gasteiger partial charge on any atom is -0.481 e. The van der Waals surface area contributed by atoms with Gasteiger partial charge in [-0.25, -0.2) is 4.79 Å². The number of hydrogen-bond donors (Lipinski definition) is 1. The van der Waals surface area contributed by atoms with Gasteiger partial charge in [0, 0.05) is 13.1 Å². The number of amides is 1. The third-order valence-corrected chi connectivity index (χ3v) is 4.20. The quantitative estimate of drug-likeness (QED) is 0.794. The molecule has 0 aromatic rings. The van der Waals surface area contributed by atoms with Gasteiger partial charge < -0.3 is 14.7 Å². The Morgan fingerprint density at radius 3 is 2.53 bits per heavy atom. The molecule has 2 fully saturated rings.